The minimum atomic E-state index is -0.531. The van der Waals surface area contributed by atoms with Gasteiger partial charge >= 0.3 is 0 Å². The van der Waals surface area contributed by atoms with Gasteiger partial charge < -0.3 is 19.9 Å². The molecule has 7 nitrogen and oxygen atoms in total. The van der Waals surface area contributed by atoms with Crippen molar-refractivity contribution in [2.45, 2.75) is 56.7 Å². The molecule has 0 radical (unpaired) electrons. The van der Waals surface area contributed by atoms with Gasteiger partial charge in [-0.15, -0.1) is 11.3 Å². The van der Waals surface area contributed by atoms with Crippen LogP contribution in [0.15, 0.2) is 66.2 Å². The highest BCUT2D eigenvalue weighted by atomic mass is 32.1. The average Bonchev–Trinajstić information content (AvgIpc) is 3.40. The van der Waals surface area contributed by atoms with Crippen molar-refractivity contribution >= 4 is 17.2 Å². The SMILES string of the molecule is O=C(C[C@@H]1CC[C@@H]2[C@H](COC[C@@H](O)CN2Cc2nccs2)O1)NCc1ccc(-c2ccccc2)cc1. The summed E-state index contributed by atoms with van der Waals surface area (Å²) < 4.78 is 12.1. The molecular weight excluding hydrogens is 474 g/mol. The molecule has 2 fully saturated rings. The van der Waals surface area contributed by atoms with E-state index in [0.717, 1.165) is 29.0 Å². The number of aliphatic hydroxyl groups is 1. The maximum Gasteiger partial charge on any atom is 0.222 e. The Morgan fingerprint density at radius 3 is 2.67 bits per heavy atom. The van der Waals surface area contributed by atoms with Crippen LogP contribution in [-0.4, -0.2) is 65.0 Å². The number of hydrogen-bond donors (Lipinski definition) is 2. The van der Waals surface area contributed by atoms with E-state index >= 15 is 0 Å². The van der Waals surface area contributed by atoms with Crippen molar-refractivity contribution in [1.82, 2.24) is 15.2 Å². The Hall–Kier alpha value is -2.62. The van der Waals surface area contributed by atoms with Crippen molar-refractivity contribution in [3.8, 4) is 11.1 Å². The van der Waals surface area contributed by atoms with Gasteiger partial charge in [-0.1, -0.05) is 54.6 Å². The Labute approximate surface area is 216 Å². The molecule has 4 atom stereocenters. The van der Waals surface area contributed by atoms with E-state index in [9.17, 15) is 9.90 Å². The first-order valence-electron chi connectivity index (χ1n) is 12.6. The van der Waals surface area contributed by atoms with Crippen molar-refractivity contribution in [3.63, 3.8) is 0 Å². The van der Waals surface area contributed by atoms with Crippen LogP contribution in [0.2, 0.25) is 0 Å². The van der Waals surface area contributed by atoms with Gasteiger partial charge in [0.05, 0.1) is 44.5 Å². The van der Waals surface area contributed by atoms with E-state index in [0.29, 0.717) is 32.7 Å². The average molecular weight is 508 g/mol. The molecule has 2 aliphatic rings. The number of ether oxygens (including phenoxy) is 2. The van der Waals surface area contributed by atoms with Gasteiger partial charge in [-0.3, -0.25) is 9.69 Å². The zero-order valence-corrected chi connectivity index (χ0v) is 21.1. The van der Waals surface area contributed by atoms with Gasteiger partial charge in [-0.25, -0.2) is 4.98 Å². The number of benzene rings is 2. The number of aromatic nitrogens is 1. The third-order valence-corrected chi connectivity index (χ3v) is 7.64. The molecule has 0 spiro atoms. The highest BCUT2D eigenvalue weighted by Crippen LogP contribution is 2.29. The number of aliphatic hydroxyl groups excluding tert-OH is 1. The van der Waals surface area contributed by atoms with E-state index in [4.69, 9.17) is 9.47 Å². The summed E-state index contributed by atoms with van der Waals surface area (Å²) in [5.74, 6) is -0.00703. The Kier molecular flexibility index (Phi) is 8.40. The summed E-state index contributed by atoms with van der Waals surface area (Å²) in [6, 6.07) is 18.7. The molecule has 2 saturated heterocycles. The number of nitrogens with one attached hydrogen (secondary N) is 1. The second-order valence-corrected chi connectivity index (χ2v) is 10.5. The van der Waals surface area contributed by atoms with Crippen molar-refractivity contribution in [3.05, 3.63) is 76.7 Å². The van der Waals surface area contributed by atoms with Crippen molar-refractivity contribution < 1.29 is 19.4 Å². The first kappa shape index (κ1) is 25.0. The standard InChI is InChI=1S/C28H33N3O4S/c32-23-16-31(17-28-29-12-13-36-28)25-11-10-24(35-26(25)19-34-18-23)14-27(33)30-15-20-6-8-22(9-7-20)21-4-2-1-3-5-21/h1-9,12-13,23-26,32H,10-11,14-19H2,(H,30,33)/t23-,24-,25+,26-/m0/s1. The third-order valence-electron chi connectivity index (χ3n) is 6.87. The lowest BCUT2D eigenvalue weighted by Crippen LogP contribution is -2.55. The van der Waals surface area contributed by atoms with Crippen LogP contribution in [0, 0.1) is 0 Å². The molecule has 2 aliphatic heterocycles. The van der Waals surface area contributed by atoms with E-state index in [-0.39, 0.29) is 30.8 Å². The lowest BCUT2D eigenvalue weighted by atomic mass is 9.94. The summed E-state index contributed by atoms with van der Waals surface area (Å²) in [5.41, 5.74) is 3.41. The first-order valence-corrected chi connectivity index (χ1v) is 13.5. The van der Waals surface area contributed by atoms with Gasteiger partial charge in [-0.05, 0) is 29.5 Å². The smallest absolute Gasteiger partial charge is 0.222 e. The molecule has 0 bridgehead atoms. The Morgan fingerprint density at radius 2 is 1.89 bits per heavy atom. The summed E-state index contributed by atoms with van der Waals surface area (Å²) in [5, 5.41) is 16.4. The molecule has 0 aliphatic carbocycles. The lowest BCUT2D eigenvalue weighted by molar-refractivity contribution is -0.158. The molecule has 1 amide bonds. The number of amides is 1. The predicted octanol–water partition coefficient (Wildman–Crippen LogP) is 3.63. The van der Waals surface area contributed by atoms with Gasteiger partial charge in [-0.2, -0.15) is 0 Å². The van der Waals surface area contributed by atoms with Crippen LogP contribution >= 0.6 is 11.3 Å². The Balaban J connectivity index is 1.13. The fourth-order valence-corrected chi connectivity index (χ4v) is 5.70. The molecule has 0 saturated carbocycles. The van der Waals surface area contributed by atoms with Crippen LogP contribution in [0.3, 0.4) is 0 Å². The molecule has 8 heteroatoms. The normalized spacial score (nSPS) is 24.9. The van der Waals surface area contributed by atoms with Crippen LogP contribution in [-0.2, 0) is 27.4 Å². The molecular formula is C28H33N3O4S. The molecule has 1 aromatic heterocycles. The van der Waals surface area contributed by atoms with Crippen LogP contribution in [0.1, 0.15) is 29.8 Å². The highest BCUT2D eigenvalue weighted by molar-refractivity contribution is 7.09. The van der Waals surface area contributed by atoms with Gasteiger partial charge in [0.1, 0.15) is 5.01 Å². The van der Waals surface area contributed by atoms with Gasteiger partial charge in [0.15, 0.2) is 0 Å². The zero-order chi connectivity index (χ0) is 24.7. The number of hydrogen-bond acceptors (Lipinski definition) is 7. The predicted molar refractivity (Wildman–Crippen MR) is 139 cm³/mol. The zero-order valence-electron chi connectivity index (χ0n) is 20.3. The number of carbonyl (C=O) groups excluding carboxylic acids is 1. The minimum absolute atomic E-state index is 0.00703. The first-order chi connectivity index (χ1) is 17.6. The van der Waals surface area contributed by atoms with Crippen molar-refractivity contribution in [2.24, 2.45) is 0 Å². The summed E-state index contributed by atoms with van der Waals surface area (Å²) >= 11 is 1.62. The van der Waals surface area contributed by atoms with Gasteiger partial charge in [0.2, 0.25) is 5.91 Å². The fourth-order valence-electron chi connectivity index (χ4n) is 5.06. The second-order valence-electron chi connectivity index (χ2n) is 9.53. The van der Waals surface area contributed by atoms with E-state index in [1.165, 1.54) is 5.56 Å². The summed E-state index contributed by atoms with van der Waals surface area (Å²) in [6.45, 7) is 2.41. The van der Waals surface area contributed by atoms with Crippen LogP contribution < -0.4 is 5.32 Å². The molecule has 36 heavy (non-hydrogen) atoms. The van der Waals surface area contributed by atoms with Crippen molar-refractivity contribution in [1.29, 1.82) is 0 Å². The van der Waals surface area contributed by atoms with Gasteiger partial charge in [0, 0.05) is 30.7 Å². The quantitative estimate of drug-likeness (QED) is 0.508. The topological polar surface area (TPSA) is 83.9 Å². The van der Waals surface area contributed by atoms with Crippen LogP contribution in [0.5, 0.6) is 0 Å². The molecule has 5 rings (SSSR count). The number of nitrogens with zero attached hydrogens (tertiary/aromatic N) is 2. The largest absolute Gasteiger partial charge is 0.389 e. The number of β-amino-alcohol motifs (C(OH)–C–C–N with tert-alkyl or cyclic N) is 1. The molecule has 2 N–H and O–H groups in total. The number of thiazole rings is 1. The minimum Gasteiger partial charge on any atom is -0.389 e. The second kappa shape index (κ2) is 12.1. The summed E-state index contributed by atoms with van der Waals surface area (Å²) in [7, 11) is 0. The number of fused-ring (bicyclic) bond motifs is 1. The summed E-state index contributed by atoms with van der Waals surface area (Å²) in [4.78, 5) is 19.4. The number of carbonyl (C=O) groups is 1. The Bertz CT molecular complexity index is 1090. The molecule has 3 heterocycles. The summed E-state index contributed by atoms with van der Waals surface area (Å²) in [6.07, 6.45) is 3.04. The fraction of sp³-hybridized carbons (Fsp3) is 0.429. The molecule has 0 unspecified atom stereocenters. The molecule has 2 aromatic carbocycles. The van der Waals surface area contributed by atoms with E-state index in [1.54, 1.807) is 11.3 Å². The highest BCUT2D eigenvalue weighted by Gasteiger charge is 2.38. The van der Waals surface area contributed by atoms with Gasteiger partial charge in [0.25, 0.3) is 0 Å². The maximum absolute atomic E-state index is 12.7. The van der Waals surface area contributed by atoms with Crippen LogP contribution in [0.4, 0.5) is 0 Å². The molecule has 190 valence electrons. The Morgan fingerprint density at radius 1 is 1.08 bits per heavy atom. The van der Waals surface area contributed by atoms with E-state index in [2.05, 4.69) is 51.6 Å². The molecule has 3 aromatic rings. The van der Waals surface area contributed by atoms with Crippen molar-refractivity contribution in [2.75, 3.05) is 19.8 Å². The van der Waals surface area contributed by atoms with E-state index in [1.807, 2.05) is 29.8 Å². The van der Waals surface area contributed by atoms with Crippen LogP contribution in [0.25, 0.3) is 11.1 Å². The lowest BCUT2D eigenvalue weighted by Gasteiger charge is -2.44. The monoisotopic (exact) mass is 507 g/mol. The number of rotatable bonds is 7. The van der Waals surface area contributed by atoms with E-state index < -0.39 is 6.10 Å². The maximum atomic E-state index is 12.7. The third kappa shape index (κ3) is 6.57.